The number of carbonyl (C=O) groups excluding carboxylic acids is 1. The topological polar surface area (TPSA) is 29.1 Å². The van der Waals surface area contributed by atoms with E-state index in [0.29, 0.717) is 0 Å². The molecule has 1 N–H and O–H groups in total. The first-order valence-corrected chi connectivity index (χ1v) is 5.18. The van der Waals surface area contributed by atoms with Crippen LogP contribution in [0.3, 0.4) is 0 Å². The van der Waals surface area contributed by atoms with Gasteiger partial charge in [-0.3, -0.25) is 4.79 Å². The second-order valence-corrected chi connectivity index (χ2v) is 3.46. The Morgan fingerprint density at radius 3 is 2.73 bits per heavy atom. The van der Waals surface area contributed by atoms with Gasteiger partial charge < -0.3 is 5.32 Å². The van der Waals surface area contributed by atoms with E-state index in [1.165, 1.54) is 0 Å². The molecule has 0 aliphatic rings. The fourth-order valence-electron chi connectivity index (χ4n) is 0.909. The van der Waals surface area contributed by atoms with Gasteiger partial charge in [0.2, 0.25) is 5.91 Å². The van der Waals surface area contributed by atoms with Crippen molar-refractivity contribution in [1.82, 2.24) is 5.32 Å². The Hall–Kier alpha value is -0.0500. The molecule has 1 atom stereocenters. The van der Waals surface area contributed by atoms with Crippen LogP contribution in [0.5, 0.6) is 0 Å². The minimum absolute atomic E-state index is 0.166. The lowest BCUT2D eigenvalue weighted by atomic mass is 10.1. The zero-order chi connectivity index (χ0) is 8.69. The van der Waals surface area contributed by atoms with Crippen molar-refractivity contribution in [2.75, 3.05) is 11.9 Å². The third-order valence-corrected chi connectivity index (χ3v) is 1.96. The van der Waals surface area contributed by atoms with E-state index in [2.05, 4.69) is 28.2 Å². The van der Waals surface area contributed by atoms with Crippen LogP contribution in [0.1, 0.15) is 26.7 Å². The number of hydrogen-bond donors (Lipinski definition) is 1. The average molecular weight is 222 g/mol. The minimum Gasteiger partial charge on any atom is -0.355 e. The standard InChI is InChI=1S/C8H16BrNO/c1-3-4-7(2)8(11)10-6-5-9/h7H,3-6H2,1-2H3,(H,10,11). The lowest BCUT2D eigenvalue weighted by Gasteiger charge is -2.09. The SMILES string of the molecule is CCCC(C)C(=O)NCCBr. The number of alkyl halides is 1. The van der Waals surface area contributed by atoms with Crippen molar-refractivity contribution in [3.63, 3.8) is 0 Å². The molecule has 0 aromatic carbocycles. The van der Waals surface area contributed by atoms with Crippen molar-refractivity contribution in [2.45, 2.75) is 26.7 Å². The molecule has 0 fully saturated rings. The third kappa shape index (κ3) is 5.24. The molecule has 0 bridgehead atoms. The number of halogens is 1. The number of carbonyl (C=O) groups is 1. The molecular formula is C8H16BrNO. The lowest BCUT2D eigenvalue weighted by molar-refractivity contribution is -0.124. The zero-order valence-electron chi connectivity index (χ0n) is 7.19. The lowest BCUT2D eigenvalue weighted by Crippen LogP contribution is -2.30. The molecule has 0 saturated heterocycles. The largest absolute Gasteiger partial charge is 0.355 e. The van der Waals surface area contributed by atoms with E-state index in [9.17, 15) is 4.79 Å². The maximum atomic E-state index is 11.2. The van der Waals surface area contributed by atoms with E-state index in [1.807, 2.05) is 6.92 Å². The summed E-state index contributed by atoms with van der Waals surface area (Å²) in [6.07, 6.45) is 2.05. The van der Waals surface area contributed by atoms with Crippen molar-refractivity contribution in [3.05, 3.63) is 0 Å². The molecule has 11 heavy (non-hydrogen) atoms. The summed E-state index contributed by atoms with van der Waals surface area (Å²) in [6.45, 7) is 4.79. The first-order valence-electron chi connectivity index (χ1n) is 4.06. The van der Waals surface area contributed by atoms with Gasteiger partial charge in [-0.05, 0) is 6.42 Å². The van der Waals surface area contributed by atoms with Gasteiger partial charge in [0.25, 0.3) is 0 Å². The van der Waals surface area contributed by atoms with Gasteiger partial charge in [-0.25, -0.2) is 0 Å². The molecule has 3 heteroatoms. The second-order valence-electron chi connectivity index (χ2n) is 2.67. The normalized spacial score (nSPS) is 12.6. The van der Waals surface area contributed by atoms with Crippen LogP contribution in [0.15, 0.2) is 0 Å². The van der Waals surface area contributed by atoms with Crippen LogP contribution in [-0.2, 0) is 4.79 Å². The molecule has 66 valence electrons. The van der Waals surface area contributed by atoms with Gasteiger partial charge in [0, 0.05) is 17.8 Å². The Morgan fingerprint density at radius 2 is 2.27 bits per heavy atom. The second kappa shape index (κ2) is 6.65. The molecule has 0 aromatic heterocycles. The maximum Gasteiger partial charge on any atom is 0.222 e. The summed E-state index contributed by atoms with van der Waals surface area (Å²) in [4.78, 5) is 11.2. The van der Waals surface area contributed by atoms with E-state index in [1.54, 1.807) is 0 Å². The van der Waals surface area contributed by atoms with Gasteiger partial charge in [-0.2, -0.15) is 0 Å². The summed E-state index contributed by atoms with van der Waals surface area (Å²) in [5, 5.41) is 3.66. The fourth-order valence-corrected chi connectivity index (χ4v) is 1.11. The van der Waals surface area contributed by atoms with E-state index in [-0.39, 0.29) is 11.8 Å². The molecule has 1 unspecified atom stereocenters. The van der Waals surface area contributed by atoms with E-state index >= 15 is 0 Å². The number of nitrogens with one attached hydrogen (secondary N) is 1. The van der Waals surface area contributed by atoms with Crippen molar-refractivity contribution >= 4 is 21.8 Å². The highest BCUT2D eigenvalue weighted by Crippen LogP contribution is 2.03. The van der Waals surface area contributed by atoms with Gasteiger partial charge >= 0.3 is 0 Å². The van der Waals surface area contributed by atoms with E-state index in [4.69, 9.17) is 0 Å². The molecular weight excluding hydrogens is 206 g/mol. The van der Waals surface area contributed by atoms with Gasteiger partial charge in [-0.15, -0.1) is 0 Å². The van der Waals surface area contributed by atoms with Gasteiger partial charge in [0.15, 0.2) is 0 Å². The molecule has 1 amide bonds. The highest BCUT2D eigenvalue weighted by Gasteiger charge is 2.09. The minimum atomic E-state index is 0.166. The predicted octanol–water partition coefficient (Wildman–Crippen LogP) is 1.93. The Labute approximate surface area is 76.9 Å². The number of hydrogen-bond acceptors (Lipinski definition) is 1. The number of rotatable bonds is 5. The first kappa shape index (κ1) is 11.0. The van der Waals surface area contributed by atoms with Crippen LogP contribution >= 0.6 is 15.9 Å². The smallest absolute Gasteiger partial charge is 0.222 e. The van der Waals surface area contributed by atoms with Crippen molar-refractivity contribution in [1.29, 1.82) is 0 Å². The van der Waals surface area contributed by atoms with Crippen LogP contribution in [0, 0.1) is 5.92 Å². The molecule has 0 aliphatic carbocycles. The molecule has 0 radical (unpaired) electrons. The van der Waals surface area contributed by atoms with Gasteiger partial charge in [0.05, 0.1) is 0 Å². The molecule has 0 spiro atoms. The molecule has 0 heterocycles. The summed E-state index contributed by atoms with van der Waals surface area (Å²) < 4.78 is 0. The van der Waals surface area contributed by atoms with E-state index in [0.717, 1.165) is 24.7 Å². The van der Waals surface area contributed by atoms with Crippen LogP contribution in [-0.4, -0.2) is 17.8 Å². The molecule has 0 aromatic rings. The van der Waals surface area contributed by atoms with Crippen LogP contribution in [0.25, 0.3) is 0 Å². The van der Waals surface area contributed by atoms with Crippen molar-refractivity contribution in [3.8, 4) is 0 Å². The molecule has 0 saturated carbocycles. The molecule has 0 aliphatic heterocycles. The third-order valence-electron chi connectivity index (χ3n) is 1.56. The molecule has 2 nitrogen and oxygen atoms in total. The summed E-state index contributed by atoms with van der Waals surface area (Å²) >= 11 is 3.25. The fraction of sp³-hybridized carbons (Fsp3) is 0.875. The van der Waals surface area contributed by atoms with Crippen LogP contribution in [0.2, 0.25) is 0 Å². The monoisotopic (exact) mass is 221 g/mol. The summed E-state index contributed by atoms with van der Waals surface area (Å²) in [6, 6.07) is 0. The van der Waals surface area contributed by atoms with Crippen molar-refractivity contribution in [2.24, 2.45) is 5.92 Å². The Bertz CT molecular complexity index is 117. The Kier molecular flexibility index (Phi) is 6.62. The highest BCUT2D eigenvalue weighted by molar-refractivity contribution is 9.09. The van der Waals surface area contributed by atoms with Crippen LogP contribution < -0.4 is 5.32 Å². The summed E-state index contributed by atoms with van der Waals surface area (Å²) in [5.41, 5.74) is 0. The molecule has 0 rings (SSSR count). The predicted molar refractivity (Wildman–Crippen MR) is 50.9 cm³/mol. The quantitative estimate of drug-likeness (QED) is 0.707. The van der Waals surface area contributed by atoms with Gasteiger partial charge in [-0.1, -0.05) is 36.2 Å². The van der Waals surface area contributed by atoms with Crippen molar-refractivity contribution < 1.29 is 4.79 Å². The maximum absolute atomic E-state index is 11.2. The summed E-state index contributed by atoms with van der Waals surface area (Å²) in [5.74, 6) is 0.338. The van der Waals surface area contributed by atoms with E-state index < -0.39 is 0 Å². The first-order chi connectivity index (χ1) is 5.22. The zero-order valence-corrected chi connectivity index (χ0v) is 8.78. The highest BCUT2D eigenvalue weighted by atomic mass is 79.9. The number of amides is 1. The average Bonchev–Trinajstić information content (AvgIpc) is 2.00. The van der Waals surface area contributed by atoms with Gasteiger partial charge in [0.1, 0.15) is 0 Å². The Balaban J connectivity index is 3.47. The van der Waals surface area contributed by atoms with Crippen LogP contribution in [0.4, 0.5) is 0 Å². The summed E-state index contributed by atoms with van der Waals surface area (Å²) in [7, 11) is 0. The Morgan fingerprint density at radius 1 is 1.64 bits per heavy atom.